The highest BCUT2D eigenvalue weighted by Gasteiger charge is 2.27. The number of rotatable bonds is 5. The lowest BCUT2D eigenvalue weighted by Gasteiger charge is -2.29. The maximum Gasteiger partial charge on any atom is 0.223 e. The van der Waals surface area contributed by atoms with Crippen molar-refractivity contribution in [2.45, 2.75) is 59.6 Å². The second kappa shape index (κ2) is 7.71. The van der Waals surface area contributed by atoms with E-state index in [4.69, 9.17) is 4.74 Å². The topological polar surface area (TPSA) is 72.6 Å². The van der Waals surface area contributed by atoms with Crippen LogP contribution in [0, 0.1) is 12.3 Å². The molecule has 7 nitrogen and oxygen atoms in total. The largest absolute Gasteiger partial charge is 0.376 e. The minimum atomic E-state index is -0.0709. The molecular formula is C22H29N5O2. The number of ether oxygens (including phenoxy) is 1. The van der Waals surface area contributed by atoms with E-state index in [1.54, 1.807) is 4.52 Å². The number of amides is 1. The third kappa shape index (κ3) is 4.40. The Morgan fingerprint density at radius 1 is 1.31 bits per heavy atom. The van der Waals surface area contributed by atoms with Crippen LogP contribution in [-0.2, 0) is 16.1 Å². The smallest absolute Gasteiger partial charge is 0.223 e. The van der Waals surface area contributed by atoms with E-state index in [1.165, 1.54) is 0 Å². The van der Waals surface area contributed by atoms with Gasteiger partial charge in [-0.15, -0.1) is 5.10 Å². The van der Waals surface area contributed by atoms with E-state index in [2.05, 4.69) is 67.5 Å². The SMILES string of the molecule is Cc1ccc2cc(CN(C[C@H]3CCCO3)C(=O)CC(C)(C)C)c3nnnn3c2c1. The van der Waals surface area contributed by atoms with Crippen molar-refractivity contribution in [1.29, 1.82) is 0 Å². The van der Waals surface area contributed by atoms with E-state index in [1.807, 2.05) is 4.90 Å². The molecule has 0 saturated carbocycles. The zero-order valence-corrected chi connectivity index (χ0v) is 17.7. The number of hydrogen-bond donors (Lipinski definition) is 0. The predicted molar refractivity (Wildman–Crippen MR) is 111 cm³/mol. The number of tetrazole rings is 1. The van der Waals surface area contributed by atoms with Gasteiger partial charge in [-0.25, -0.2) is 0 Å². The number of pyridine rings is 1. The van der Waals surface area contributed by atoms with E-state index in [-0.39, 0.29) is 17.4 Å². The van der Waals surface area contributed by atoms with Crippen molar-refractivity contribution in [1.82, 2.24) is 24.9 Å². The number of hydrogen-bond acceptors (Lipinski definition) is 5. The third-order valence-corrected chi connectivity index (χ3v) is 5.34. The Hall–Kier alpha value is -2.54. The summed E-state index contributed by atoms with van der Waals surface area (Å²) in [7, 11) is 0. The zero-order chi connectivity index (χ0) is 20.6. The Kier molecular flexibility index (Phi) is 5.25. The highest BCUT2D eigenvalue weighted by atomic mass is 16.5. The Labute approximate surface area is 171 Å². The predicted octanol–water partition coefficient (Wildman–Crippen LogP) is 3.53. The summed E-state index contributed by atoms with van der Waals surface area (Å²) >= 11 is 0. The first-order valence-corrected chi connectivity index (χ1v) is 10.3. The highest BCUT2D eigenvalue weighted by molar-refractivity contribution is 5.84. The van der Waals surface area contributed by atoms with Gasteiger partial charge in [-0.05, 0) is 53.3 Å². The number of nitrogens with zero attached hydrogens (tertiary/aromatic N) is 5. The van der Waals surface area contributed by atoms with Crippen molar-refractivity contribution in [3.63, 3.8) is 0 Å². The van der Waals surface area contributed by atoms with E-state index < -0.39 is 0 Å². The summed E-state index contributed by atoms with van der Waals surface area (Å²) in [6, 6.07) is 8.35. The van der Waals surface area contributed by atoms with Crippen LogP contribution in [-0.4, -0.2) is 50.1 Å². The summed E-state index contributed by atoms with van der Waals surface area (Å²) in [5.41, 5.74) is 3.71. The van der Waals surface area contributed by atoms with Gasteiger partial charge >= 0.3 is 0 Å². The molecule has 3 aromatic rings. The van der Waals surface area contributed by atoms with Gasteiger partial charge < -0.3 is 9.64 Å². The van der Waals surface area contributed by atoms with Crippen molar-refractivity contribution < 1.29 is 9.53 Å². The molecule has 1 fully saturated rings. The van der Waals surface area contributed by atoms with E-state index in [0.29, 0.717) is 25.2 Å². The molecule has 0 aliphatic carbocycles. The summed E-state index contributed by atoms with van der Waals surface area (Å²) in [4.78, 5) is 15.1. The van der Waals surface area contributed by atoms with Crippen molar-refractivity contribution in [3.8, 4) is 0 Å². The van der Waals surface area contributed by atoms with E-state index in [0.717, 1.165) is 41.5 Å². The van der Waals surface area contributed by atoms with Gasteiger partial charge in [0.05, 0.1) is 11.6 Å². The molecule has 2 aromatic heterocycles. The van der Waals surface area contributed by atoms with E-state index in [9.17, 15) is 4.79 Å². The summed E-state index contributed by atoms with van der Waals surface area (Å²) in [6.45, 7) is 10.2. The number of fused-ring (bicyclic) bond motifs is 3. The molecule has 154 valence electrons. The van der Waals surface area contributed by atoms with Gasteiger partial charge in [0.1, 0.15) is 0 Å². The molecule has 1 aliphatic rings. The lowest BCUT2D eigenvalue weighted by Crippen LogP contribution is -2.38. The Morgan fingerprint density at radius 3 is 2.86 bits per heavy atom. The molecule has 1 amide bonds. The van der Waals surface area contributed by atoms with Gasteiger partial charge in [0.25, 0.3) is 0 Å². The van der Waals surface area contributed by atoms with Gasteiger partial charge in [0, 0.05) is 37.1 Å². The van der Waals surface area contributed by atoms with Gasteiger partial charge in [-0.3, -0.25) is 4.79 Å². The molecule has 0 bridgehead atoms. The molecule has 3 heterocycles. The molecule has 1 aliphatic heterocycles. The van der Waals surface area contributed by atoms with Crippen molar-refractivity contribution >= 4 is 22.5 Å². The van der Waals surface area contributed by atoms with Crippen molar-refractivity contribution in [2.75, 3.05) is 13.2 Å². The van der Waals surface area contributed by atoms with Crippen molar-refractivity contribution in [3.05, 3.63) is 35.4 Å². The Balaban J connectivity index is 1.70. The first kappa shape index (κ1) is 19.8. The number of aryl methyl sites for hydroxylation is 1. The number of carbonyl (C=O) groups excluding carboxylic acids is 1. The van der Waals surface area contributed by atoms with Crippen molar-refractivity contribution in [2.24, 2.45) is 5.41 Å². The molecule has 4 rings (SSSR count). The molecule has 29 heavy (non-hydrogen) atoms. The fourth-order valence-corrected chi connectivity index (χ4v) is 3.94. The van der Waals surface area contributed by atoms with Crippen LogP contribution in [0.5, 0.6) is 0 Å². The molecule has 1 atom stereocenters. The fraction of sp³-hybridized carbons (Fsp3) is 0.545. The van der Waals surface area contributed by atoms with Crippen LogP contribution >= 0.6 is 0 Å². The number of benzene rings is 1. The Morgan fingerprint density at radius 2 is 2.14 bits per heavy atom. The number of carbonyl (C=O) groups is 1. The summed E-state index contributed by atoms with van der Waals surface area (Å²) in [6.07, 6.45) is 2.65. The molecule has 0 N–H and O–H groups in total. The normalized spacial score (nSPS) is 17.3. The summed E-state index contributed by atoms with van der Waals surface area (Å²) in [5.74, 6) is 0.141. The molecule has 1 aromatic carbocycles. The minimum Gasteiger partial charge on any atom is -0.376 e. The van der Waals surface area contributed by atoms with Crippen LogP contribution in [0.2, 0.25) is 0 Å². The molecular weight excluding hydrogens is 366 g/mol. The van der Waals surface area contributed by atoms with Gasteiger partial charge in [-0.2, -0.15) is 4.52 Å². The van der Waals surface area contributed by atoms with Crippen LogP contribution in [0.1, 0.15) is 51.2 Å². The highest BCUT2D eigenvalue weighted by Crippen LogP contribution is 2.25. The molecule has 1 saturated heterocycles. The van der Waals surface area contributed by atoms with Crippen LogP contribution in [0.15, 0.2) is 24.3 Å². The average Bonchev–Trinajstić information content (AvgIpc) is 3.32. The van der Waals surface area contributed by atoms with Gasteiger partial charge in [-0.1, -0.05) is 32.9 Å². The second-order valence-electron chi connectivity index (χ2n) is 9.29. The molecule has 0 radical (unpaired) electrons. The van der Waals surface area contributed by atoms with Crippen LogP contribution < -0.4 is 0 Å². The van der Waals surface area contributed by atoms with Crippen LogP contribution in [0.4, 0.5) is 0 Å². The summed E-state index contributed by atoms with van der Waals surface area (Å²) < 4.78 is 7.59. The molecule has 0 spiro atoms. The third-order valence-electron chi connectivity index (χ3n) is 5.34. The van der Waals surface area contributed by atoms with Crippen LogP contribution in [0.3, 0.4) is 0 Å². The van der Waals surface area contributed by atoms with Gasteiger partial charge in [0.2, 0.25) is 5.91 Å². The first-order chi connectivity index (χ1) is 13.8. The fourth-order valence-electron chi connectivity index (χ4n) is 3.94. The zero-order valence-electron chi connectivity index (χ0n) is 17.7. The lowest BCUT2D eigenvalue weighted by molar-refractivity contribution is -0.135. The van der Waals surface area contributed by atoms with Gasteiger partial charge in [0.15, 0.2) is 5.65 Å². The monoisotopic (exact) mass is 395 g/mol. The maximum atomic E-state index is 13.1. The minimum absolute atomic E-state index is 0.0709. The standard InChI is InChI=1S/C22H29N5O2/c1-15-7-8-16-11-17(21-23-24-25-27(21)19(16)10-15)13-26(14-18-6-5-9-29-18)20(28)12-22(2,3)4/h7-8,10-11,18H,5-6,9,12-14H2,1-4H3/t18-/m1/s1. The Bertz CT molecular complexity index is 1030. The maximum absolute atomic E-state index is 13.1. The number of aromatic nitrogens is 4. The second-order valence-corrected chi connectivity index (χ2v) is 9.29. The summed E-state index contributed by atoms with van der Waals surface area (Å²) in [5, 5.41) is 13.4. The molecule has 7 heteroatoms. The lowest BCUT2D eigenvalue weighted by atomic mass is 9.91. The average molecular weight is 396 g/mol. The van der Waals surface area contributed by atoms with E-state index >= 15 is 0 Å². The van der Waals surface area contributed by atoms with Crippen LogP contribution in [0.25, 0.3) is 16.6 Å². The molecule has 0 unspecified atom stereocenters. The quantitative estimate of drug-likeness (QED) is 0.661. The first-order valence-electron chi connectivity index (χ1n) is 10.3.